The lowest BCUT2D eigenvalue weighted by molar-refractivity contribution is -0.137. The summed E-state index contributed by atoms with van der Waals surface area (Å²) in [6, 6.07) is 7.24. The number of amides is 2. The third kappa shape index (κ3) is 3.12. The maximum atomic E-state index is 12.7. The van der Waals surface area contributed by atoms with Crippen molar-refractivity contribution in [3.05, 3.63) is 29.3 Å². The molecule has 0 aromatic heterocycles. The van der Waals surface area contributed by atoms with E-state index in [1.54, 1.807) is 17.0 Å². The first-order valence-corrected chi connectivity index (χ1v) is 8.27. The van der Waals surface area contributed by atoms with Crippen molar-refractivity contribution in [1.29, 1.82) is 0 Å². The van der Waals surface area contributed by atoms with Crippen LogP contribution in [0.5, 0.6) is 0 Å². The molecular formula is C17H21ClN2O2. The van der Waals surface area contributed by atoms with Gasteiger partial charge in [0.2, 0.25) is 11.8 Å². The third-order valence-electron chi connectivity index (χ3n) is 4.56. The standard InChI is InChI=1S/C17H21ClN2O2/c1-12-4-3-7-19(10-12)17(22)13-8-16(21)20(11-13)15-6-2-5-14(18)9-15/h2,5-6,9,12-13H,3-4,7-8,10-11H2,1H3. The Morgan fingerprint density at radius 2 is 2.14 bits per heavy atom. The van der Waals surface area contributed by atoms with Crippen LogP contribution in [-0.4, -0.2) is 36.3 Å². The predicted octanol–water partition coefficient (Wildman–Crippen LogP) is 2.95. The number of halogens is 1. The number of hydrogen-bond acceptors (Lipinski definition) is 2. The monoisotopic (exact) mass is 320 g/mol. The van der Waals surface area contributed by atoms with E-state index in [2.05, 4.69) is 6.92 Å². The van der Waals surface area contributed by atoms with E-state index in [0.717, 1.165) is 25.2 Å². The normalized spacial score (nSPS) is 25.6. The van der Waals surface area contributed by atoms with Gasteiger partial charge >= 0.3 is 0 Å². The van der Waals surface area contributed by atoms with Gasteiger partial charge in [-0.1, -0.05) is 24.6 Å². The van der Waals surface area contributed by atoms with Crippen LogP contribution in [0.25, 0.3) is 0 Å². The van der Waals surface area contributed by atoms with Gasteiger partial charge in [0.15, 0.2) is 0 Å². The summed E-state index contributed by atoms with van der Waals surface area (Å²) in [6.45, 7) is 4.28. The second-order valence-corrected chi connectivity index (χ2v) is 6.85. The zero-order chi connectivity index (χ0) is 15.7. The first-order valence-electron chi connectivity index (χ1n) is 7.89. The Morgan fingerprint density at radius 1 is 1.32 bits per heavy atom. The van der Waals surface area contributed by atoms with Crippen LogP contribution in [0.2, 0.25) is 5.02 Å². The van der Waals surface area contributed by atoms with Crippen molar-refractivity contribution >= 4 is 29.1 Å². The lowest BCUT2D eigenvalue weighted by atomic mass is 9.98. The molecule has 2 aliphatic heterocycles. The molecule has 0 saturated carbocycles. The Balaban J connectivity index is 1.70. The number of rotatable bonds is 2. The minimum Gasteiger partial charge on any atom is -0.342 e. The zero-order valence-electron chi connectivity index (χ0n) is 12.8. The number of likely N-dealkylation sites (tertiary alicyclic amines) is 1. The molecule has 0 radical (unpaired) electrons. The first kappa shape index (κ1) is 15.3. The Hall–Kier alpha value is -1.55. The number of carbonyl (C=O) groups excluding carboxylic acids is 2. The molecule has 5 heteroatoms. The predicted molar refractivity (Wildman–Crippen MR) is 86.9 cm³/mol. The highest BCUT2D eigenvalue weighted by Crippen LogP contribution is 2.29. The van der Waals surface area contributed by atoms with E-state index in [1.807, 2.05) is 17.0 Å². The summed E-state index contributed by atoms with van der Waals surface area (Å²) in [5, 5.41) is 0.602. The molecule has 3 rings (SSSR count). The van der Waals surface area contributed by atoms with Crippen LogP contribution in [0.3, 0.4) is 0 Å². The van der Waals surface area contributed by atoms with Gasteiger partial charge in [-0.25, -0.2) is 0 Å². The maximum absolute atomic E-state index is 12.7. The number of nitrogens with zero attached hydrogens (tertiary/aromatic N) is 2. The second kappa shape index (κ2) is 6.29. The van der Waals surface area contributed by atoms with E-state index in [4.69, 9.17) is 11.6 Å². The van der Waals surface area contributed by atoms with Crippen LogP contribution in [-0.2, 0) is 9.59 Å². The maximum Gasteiger partial charge on any atom is 0.228 e. The van der Waals surface area contributed by atoms with Gasteiger partial charge in [-0.3, -0.25) is 9.59 Å². The summed E-state index contributed by atoms with van der Waals surface area (Å²) >= 11 is 5.99. The van der Waals surface area contributed by atoms with Crippen LogP contribution >= 0.6 is 11.6 Å². The van der Waals surface area contributed by atoms with Crippen molar-refractivity contribution < 1.29 is 9.59 Å². The number of carbonyl (C=O) groups is 2. The molecule has 2 fully saturated rings. The van der Waals surface area contributed by atoms with E-state index in [-0.39, 0.29) is 17.7 Å². The van der Waals surface area contributed by atoms with Crippen LogP contribution in [0, 0.1) is 11.8 Å². The van der Waals surface area contributed by atoms with Crippen molar-refractivity contribution in [1.82, 2.24) is 4.90 Å². The van der Waals surface area contributed by atoms with E-state index in [9.17, 15) is 9.59 Å². The SMILES string of the molecule is CC1CCCN(C(=O)C2CC(=O)N(c3cccc(Cl)c3)C2)C1. The highest BCUT2D eigenvalue weighted by Gasteiger charge is 2.37. The molecule has 4 nitrogen and oxygen atoms in total. The second-order valence-electron chi connectivity index (χ2n) is 6.42. The molecule has 0 aliphatic carbocycles. The van der Waals surface area contributed by atoms with Crippen molar-refractivity contribution in [2.45, 2.75) is 26.2 Å². The van der Waals surface area contributed by atoms with E-state index >= 15 is 0 Å². The number of hydrogen-bond donors (Lipinski definition) is 0. The van der Waals surface area contributed by atoms with Crippen LogP contribution in [0.4, 0.5) is 5.69 Å². The molecule has 2 heterocycles. The highest BCUT2D eigenvalue weighted by molar-refractivity contribution is 6.30. The van der Waals surface area contributed by atoms with Gasteiger partial charge in [-0.2, -0.15) is 0 Å². The van der Waals surface area contributed by atoms with Gasteiger partial charge < -0.3 is 9.80 Å². The molecule has 0 bridgehead atoms. The van der Waals surface area contributed by atoms with Crippen molar-refractivity contribution in [3.8, 4) is 0 Å². The van der Waals surface area contributed by atoms with Gasteiger partial charge in [0, 0.05) is 36.8 Å². The summed E-state index contributed by atoms with van der Waals surface area (Å²) in [6.07, 6.45) is 2.55. The molecule has 0 spiro atoms. The molecule has 2 amide bonds. The van der Waals surface area contributed by atoms with Crippen molar-refractivity contribution in [3.63, 3.8) is 0 Å². The van der Waals surface area contributed by atoms with Gasteiger partial charge in [-0.15, -0.1) is 0 Å². The van der Waals surface area contributed by atoms with Gasteiger partial charge in [-0.05, 0) is 37.0 Å². The molecule has 1 aromatic carbocycles. The molecule has 118 valence electrons. The third-order valence-corrected chi connectivity index (χ3v) is 4.80. The molecule has 2 atom stereocenters. The van der Waals surface area contributed by atoms with Crippen molar-refractivity contribution in [2.75, 3.05) is 24.5 Å². The minimum absolute atomic E-state index is 0.00525. The molecule has 1 aromatic rings. The highest BCUT2D eigenvalue weighted by atomic mass is 35.5. The van der Waals surface area contributed by atoms with Gasteiger partial charge in [0.1, 0.15) is 0 Å². The van der Waals surface area contributed by atoms with Gasteiger partial charge in [0.25, 0.3) is 0 Å². The van der Waals surface area contributed by atoms with Crippen LogP contribution in [0.15, 0.2) is 24.3 Å². The molecule has 2 aliphatic rings. The summed E-state index contributed by atoms with van der Waals surface area (Å²) in [7, 11) is 0. The molecule has 0 N–H and O–H groups in total. The zero-order valence-corrected chi connectivity index (χ0v) is 13.6. The summed E-state index contributed by atoms with van der Waals surface area (Å²) in [4.78, 5) is 28.5. The summed E-state index contributed by atoms with van der Waals surface area (Å²) < 4.78 is 0. The average molecular weight is 321 g/mol. The Bertz CT molecular complexity index is 590. The van der Waals surface area contributed by atoms with Gasteiger partial charge in [0.05, 0.1) is 5.92 Å². The lowest BCUT2D eigenvalue weighted by Crippen LogP contribution is -2.43. The smallest absolute Gasteiger partial charge is 0.228 e. The molecule has 2 saturated heterocycles. The van der Waals surface area contributed by atoms with Crippen LogP contribution in [0.1, 0.15) is 26.2 Å². The van der Waals surface area contributed by atoms with E-state index in [0.29, 0.717) is 23.9 Å². The Kier molecular flexibility index (Phi) is 4.39. The topological polar surface area (TPSA) is 40.6 Å². The first-order chi connectivity index (χ1) is 10.5. The summed E-state index contributed by atoms with van der Waals surface area (Å²) in [5.41, 5.74) is 0.778. The molecule has 2 unspecified atom stereocenters. The largest absolute Gasteiger partial charge is 0.342 e. The number of benzene rings is 1. The summed E-state index contributed by atoms with van der Waals surface area (Å²) in [5.74, 6) is 0.464. The quantitative estimate of drug-likeness (QED) is 0.840. The number of piperidine rings is 1. The van der Waals surface area contributed by atoms with Crippen molar-refractivity contribution in [2.24, 2.45) is 11.8 Å². The molecule has 22 heavy (non-hydrogen) atoms. The fraction of sp³-hybridized carbons (Fsp3) is 0.529. The Labute approximate surface area is 136 Å². The van der Waals surface area contributed by atoms with Crippen LogP contribution < -0.4 is 4.90 Å². The van der Waals surface area contributed by atoms with E-state index in [1.165, 1.54) is 6.42 Å². The average Bonchev–Trinajstić information content (AvgIpc) is 2.88. The lowest BCUT2D eigenvalue weighted by Gasteiger charge is -2.32. The molecular weight excluding hydrogens is 300 g/mol. The fourth-order valence-electron chi connectivity index (χ4n) is 3.41. The fourth-order valence-corrected chi connectivity index (χ4v) is 3.60. The number of anilines is 1. The van der Waals surface area contributed by atoms with E-state index < -0.39 is 0 Å². The minimum atomic E-state index is -0.225. The Morgan fingerprint density at radius 3 is 2.86 bits per heavy atom.